The summed E-state index contributed by atoms with van der Waals surface area (Å²) >= 11 is 0. The smallest absolute Gasteiger partial charge is 0.414 e. The molecule has 0 aliphatic carbocycles. The van der Waals surface area contributed by atoms with Gasteiger partial charge in [0.25, 0.3) is 0 Å². The second-order valence-electron chi connectivity index (χ2n) is 6.39. The molecule has 0 aliphatic heterocycles. The Morgan fingerprint density at radius 3 is 2.70 bits per heavy atom. The Balaban J connectivity index is 2.33. The van der Waals surface area contributed by atoms with Crippen LogP contribution in [0, 0.1) is 6.92 Å². The van der Waals surface area contributed by atoms with Crippen LogP contribution in [0.4, 0.5) is 10.5 Å². The fourth-order valence-electron chi connectivity index (χ4n) is 2.19. The van der Waals surface area contributed by atoms with Crippen LogP contribution in [0.25, 0.3) is 5.69 Å². The van der Waals surface area contributed by atoms with Gasteiger partial charge in [-0.1, -0.05) is 6.92 Å². The number of rotatable bonds is 4. The Bertz CT molecular complexity index is 659. The first-order valence-electron chi connectivity index (χ1n) is 7.79. The molecule has 0 atom stereocenters. The molecule has 0 saturated carbocycles. The van der Waals surface area contributed by atoms with Crippen molar-refractivity contribution in [1.82, 2.24) is 14.8 Å². The molecule has 0 aromatic carbocycles. The summed E-state index contributed by atoms with van der Waals surface area (Å²) in [6.07, 6.45) is 5.76. The van der Waals surface area contributed by atoms with Crippen molar-refractivity contribution in [3.63, 3.8) is 0 Å². The van der Waals surface area contributed by atoms with Gasteiger partial charge in [0.15, 0.2) is 0 Å². The van der Waals surface area contributed by atoms with Crippen molar-refractivity contribution in [2.75, 3.05) is 11.4 Å². The Labute approximate surface area is 137 Å². The van der Waals surface area contributed by atoms with Gasteiger partial charge in [-0.3, -0.25) is 9.88 Å². The number of carbonyl (C=O) groups is 1. The van der Waals surface area contributed by atoms with Crippen LogP contribution in [0.5, 0.6) is 0 Å². The summed E-state index contributed by atoms with van der Waals surface area (Å²) in [6.45, 7) is 10.1. The lowest BCUT2D eigenvalue weighted by molar-refractivity contribution is 0.0580. The van der Waals surface area contributed by atoms with Crippen molar-refractivity contribution in [2.45, 2.75) is 46.6 Å². The minimum Gasteiger partial charge on any atom is -0.443 e. The van der Waals surface area contributed by atoms with Crippen LogP contribution in [0.2, 0.25) is 0 Å². The van der Waals surface area contributed by atoms with Gasteiger partial charge >= 0.3 is 6.09 Å². The van der Waals surface area contributed by atoms with Crippen molar-refractivity contribution in [3.8, 4) is 5.69 Å². The zero-order valence-corrected chi connectivity index (χ0v) is 14.4. The third-order valence-corrected chi connectivity index (χ3v) is 3.14. The summed E-state index contributed by atoms with van der Waals surface area (Å²) in [6, 6.07) is 3.77. The van der Waals surface area contributed by atoms with Crippen LogP contribution in [0.15, 0.2) is 30.7 Å². The zero-order valence-electron chi connectivity index (χ0n) is 14.4. The maximum absolute atomic E-state index is 12.5. The highest BCUT2D eigenvalue weighted by atomic mass is 16.6. The van der Waals surface area contributed by atoms with E-state index in [9.17, 15) is 4.79 Å². The van der Waals surface area contributed by atoms with Gasteiger partial charge in [-0.05, 0) is 46.2 Å². The van der Waals surface area contributed by atoms with Crippen molar-refractivity contribution < 1.29 is 9.53 Å². The lowest BCUT2D eigenvalue weighted by Gasteiger charge is -2.26. The molecule has 0 bridgehead atoms. The van der Waals surface area contributed by atoms with E-state index in [-0.39, 0.29) is 6.09 Å². The van der Waals surface area contributed by atoms with Crippen LogP contribution in [0.3, 0.4) is 0 Å². The molecule has 2 heterocycles. The Kier molecular flexibility index (Phi) is 5.03. The van der Waals surface area contributed by atoms with Gasteiger partial charge < -0.3 is 4.74 Å². The van der Waals surface area contributed by atoms with E-state index in [0.717, 1.165) is 23.5 Å². The summed E-state index contributed by atoms with van der Waals surface area (Å²) in [7, 11) is 0. The summed E-state index contributed by atoms with van der Waals surface area (Å²) in [5.41, 5.74) is 1.84. The second-order valence-corrected chi connectivity index (χ2v) is 6.39. The number of amides is 1. The summed E-state index contributed by atoms with van der Waals surface area (Å²) < 4.78 is 7.24. The molecule has 0 spiro atoms. The van der Waals surface area contributed by atoms with Crippen molar-refractivity contribution in [3.05, 3.63) is 36.4 Å². The molecule has 6 heteroatoms. The number of ether oxygens (including phenoxy) is 1. The average molecular weight is 316 g/mol. The number of pyridine rings is 1. The van der Waals surface area contributed by atoms with E-state index >= 15 is 0 Å². The van der Waals surface area contributed by atoms with Gasteiger partial charge in [0.2, 0.25) is 0 Å². The first-order chi connectivity index (χ1) is 10.8. The number of hydrogen-bond donors (Lipinski definition) is 0. The van der Waals surface area contributed by atoms with E-state index in [1.165, 1.54) is 0 Å². The minimum absolute atomic E-state index is 0.354. The molecule has 0 saturated heterocycles. The molecule has 23 heavy (non-hydrogen) atoms. The number of carbonyl (C=O) groups excluding carboxylic acids is 1. The van der Waals surface area contributed by atoms with Crippen LogP contribution in [-0.4, -0.2) is 33.0 Å². The molecule has 0 fully saturated rings. The topological polar surface area (TPSA) is 60.2 Å². The average Bonchev–Trinajstić information content (AvgIpc) is 2.85. The van der Waals surface area contributed by atoms with Crippen LogP contribution < -0.4 is 4.90 Å². The predicted octanol–water partition coefficient (Wildman–Crippen LogP) is 3.73. The highest BCUT2D eigenvalue weighted by Crippen LogP contribution is 2.23. The predicted molar refractivity (Wildman–Crippen MR) is 90.0 cm³/mol. The van der Waals surface area contributed by atoms with Crippen molar-refractivity contribution in [1.29, 1.82) is 0 Å². The third kappa shape index (κ3) is 4.31. The van der Waals surface area contributed by atoms with E-state index in [0.29, 0.717) is 6.54 Å². The second kappa shape index (κ2) is 6.81. The Hall–Kier alpha value is -2.37. The zero-order chi connectivity index (χ0) is 17.0. The lowest BCUT2D eigenvalue weighted by atomic mass is 10.2. The van der Waals surface area contributed by atoms with E-state index in [2.05, 4.69) is 10.1 Å². The Morgan fingerprint density at radius 1 is 1.39 bits per heavy atom. The molecule has 0 aliphatic rings. The third-order valence-electron chi connectivity index (χ3n) is 3.14. The van der Waals surface area contributed by atoms with Crippen LogP contribution in [0.1, 0.15) is 39.8 Å². The lowest BCUT2D eigenvalue weighted by Crippen LogP contribution is -2.37. The first kappa shape index (κ1) is 17.0. The molecule has 0 radical (unpaired) electrons. The molecular weight excluding hydrogens is 292 g/mol. The fourth-order valence-corrected chi connectivity index (χ4v) is 2.19. The quantitative estimate of drug-likeness (QED) is 0.862. The number of hydrogen-bond acceptors (Lipinski definition) is 4. The monoisotopic (exact) mass is 316 g/mol. The van der Waals surface area contributed by atoms with E-state index in [4.69, 9.17) is 4.74 Å². The van der Waals surface area contributed by atoms with Gasteiger partial charge in [-0.25, -0.2) is 9.48 Å². The Morgan fingerprint density at radius 2 is 2.13 bits per heavy atom. The normalized spacial score (nSPS) is 11.3. The summed E-state index contributed by atoms with van der Waals surface area (Å²) in [4.78, 5) is 18.2. The molecule has 124 valence electrons. The molecular formula is C17H24N4O2. The largest absolute Gasteiger partial charge is 0.443 e. The van der Waals surface area contributed by atoms with E-state index in [1.807, 2.05) is 52.9 Å². The van der Waals surface area contributed by atoms with Crippen LogP contribution >= 0.6 is 0 Å². The molecule has 2 aromatic rings. The summed E-state index contributed by atoms with van der Waals surface area (Å²) in [5.74, 6) is 0. The molecule has 6 nitrogen and oxygen atoms in total. The number of aryl methyl sites for hydroxylation is 1. The first-order valence-corrected chi connectivity index (χ1v) is 7.79. The molecule has 1 amide bonds. The summed E-state index contributed by atoms with van der Waals surface area (Å²) in [5, 5.41) is 4.49. The number of anilines is 1. The van der Waals surface area contributed by atoms with Crippen LogP contribution in [-0.2, 0) is 4.74 Å². The van der Waals surface area contributed by atoms with Crippen molar-refractivity contribution >= 4 is 11.8 Å². The minimum atomic E-state index is -0.531. The molecule has 0 N–H and O–H groups in total. The van der Waals surface area contributed by atoms with Gasteiger partial charge in [0.05, 0.1) is 29.5 Å². The standard InChI is InChI=1S/C17H24N4O2/c1-6-10-20(16(22)23-17(3,4)5)15-12-21(19-13(15)2)14-8-7-9-18-11-14/h7-9,11-12H,6,10H2,1-5H3. The number of nitrogens with zero attached hydrogens (tertiary/aromatic N) is 4. The highest BCUT2D eigenvalue weighted by molar-refractivity contribution is 5.88. The molecule has 2 rings (SSSR count). The maximum Gasteiger partial charge on any atom is 0.414 e. The number of aromatic nitrogens is 3. The van der Waals surface area contributed by atoms with Gasteiger partial charge in [-0.2, -0.15) is 5.10 Å². The van der Waals surface area contributed by atoms with Gasteiger partial charge in [0, 0.05) is 12.7 Å². The van der Waals surface area contributed by atoms with E-state index in [1.54, 1.807) is 22.0 Å². The van der Waals surface area contributed by atoms with Gasteiger partial charge in [-0.15, -0.1) is 0 Å². The van der Waals surface area contributed by atoms with Gasteiger partial charge in [0.1, 0.15) is 5.60 Å². The van der Waals surface area contributed by atoms with Crippen molar-refractivity contribution in [2.24, 2.45) is 0 Å². The maximum atomic E-state index is 12.5. The van der Waals surface area contributed by atoms with E-state index < -0.39 is 5.60 Å². The highest BCUT2D eigenvalue weighted by Gasteiger charge is 2.25. The SMILES string of the molecule is CCCN(C(=O)OC(C)(C)C)c1cn(-c2cccnc2)nc1C. The molecule has 0 unspecified atom stereocenters. The molecule has 2 aromatic heterocycles. The fraction of sp³-hybridized carbons (Fsp3) is 0.471.